The summed E-state index contributed by atoms with van der Waals surface area (Å²) in [5, 5.41) is 3.65. The Morgan fingerprint density at radius 2 is 2.03 bits per heavy atom. The molecular weight excluding hydrogens is 374 g/mol. The molecule has 30 heavy (non-hydrogen) atoms. The number of para-hydroxylation sites is 1. The molecule has 0 saturated carbocycles. The maximum atomic E-state index is 12.3. The van der Waals surface area contributed by atoms with Crippen molar-refractivity contribution in [3.8, 4) is 0 Å². The maximum absolute atomic E-state index is 12.3. The summed E-state index contributed by atoms with van der Waals surface area (Å²) in [6, 6.07) is 11.1. The first-order valence-corrected chi connectivity index (χ1v) is 10.8. The number of carbonyl (C=O) groups excluding carboxylic acids is 1. The van der Waals surface area contributed by atoms with Crippen molar-refractivity contribution in [1.82, 2.24) is 14.8 Å². The van der Waals surface area contributed by atoms with Crippen LogP contribution in [0.15, 0.2) is 48.2 Å². The molecular formula is C24H29N5O. The van der Waals surface area contributed by atoms with E-state index in [0.29, 0.717) is 13.1 Å². The predicted molar refractivity (Wildman–Crippen MR) is 120 cm³/mol. The summed E-state index contributed by atoms with van der Waals surface area (Å²) in [6.45, 7) is 3.00. The number of nitrogens with zero attached hydrogens (tertiary/aromatic N) is 4. The summed E-state index contributed by atoms with van der Waals surface area (Å²) in [7, 11) is 3.87. The molecule has 0 aliphatic carbocycles. The van der Waals surface area contributed by atoms with Crippen molar-refractivity contribution < 1.29 is 4.79 Å². The van der Waals surface area contributed by atoms with Gasteiger partial charge in [-0.15, -0.1) is 0 Å². The van der Waals surface area contributed by atoms with Gasteiger partial charge >= 0.3 is 0 Å². The zero-order valence-corrected chi connectivity index (χ0v) is 17.8. The Balaban J connectivity index is 1.33. The fraction of sp³-hybridized carbons (Fsp3) is 0.417. The van der Waals surface area contributed by atoms with Crippen LogP contribution in [0.3, 0.4) is 0 Å². The molecule has 0 fully saturated rings. The highest BCUT2D eigenvalue weighted by Crippen LogP contribution is 2.41. The Bertz CT molecular complexity index is 999. The lowest BCUT2D eigenvalue weighted by Gasteiger charge is -2.29. The second-order valence-corrected chi connectivity index (χ2v) is 8.70. The Morgan fingerprint density at radius 3 is 2.83 bits per heavy atom. The van der Waals surface area contributed by atoms with Gasteiger partial charge in [-0.05, 0) is 50.2 Å². The van der Waals surface area contributed by atoms with Crippen LogP contribution in [0, 0.1) is 0 Å². The number of anilines is 3. The molecule has 1 amide bonds. The number of nitrogens with one attached hydrogen (secondary N) is 1. The first kappa shape index (κ1) is 19.1. The molecule has 1 aromatic heterocycles. The van der Waals surface area contributed by atoms with Crippen LogP contribution in [0.2, 0.25) is 0 Å². The number of benzene rings is 1. The van der Waals surface area contributed by atoms with Gasteiger partial charge in [0, 0.05) is 49.2 Å². The van der Waals surface area contributed by atoms with Crippen LogP contribution in [0.4, 0.5) is 17.2 Å². The number of hydrogen-bond acceptors (Lipinski definition) is 5. The summed E-state index contributed by atoms with van der Waals surface area (Å²) in [6.07, 6.45) is 7.13. The Hall–Kier alpha value is -2.86. The number of aromatic nitrogens is 1. The van der Waals surface area contributed by atoms with E-state index in [1.54, 1.807) is 0 Å². The topological polar surface area (TPSA) is 51.7 Å². The Morgan fingerprint density at radius 1 is 1.17 bits per heavy atom. The van der Waals surface area contributed by atoms with Crippen LogP contribution < -0.4 is 10.2 Å². The first-order chi connectivity index (χ1) is 14.6. The van der Waals surface area contributed by atoms with Crippen LogP contribution in [0.1, 0.15) is 17.5 Å². The van der Waals surface area contributed by atoms with Crippen LogP contribution in [-0.4, -0.2) is 67.0 Å². The SMILES string of the molecule is CN(C)CC(=O)N1CC=C(C2Cc3c(N4CCc5ccccc54)ccnc3N2)CC1. The third-order valence-electron chi connectivity index (χ3n) is 6.42. The van der Waals surface area contributed by atoms with Gasteiger partial charge in [-0.2, -0.15) is 0 Å². The molecule has 0 bridgehead atoms. The highest BCUT2D eigenvalue weighted by Gasteiger charge is 2.32. The molecule has 4 heterocycles. The average Bonchev–Trinajstić information content (AvgIpc) is 3.37. The Labute approximate surface area is 178 Å². The zero-order valence-electron chi connectivity index (χ0n) is 17.8. The molecule has 156 valence electrons. The predicted octanol–water partition coefficient (Wildman–Crippen LogP) is 2.83. The van der Waals surface area contributed by atoms with E-state index in [-0.39, 0.29) is 11.9 Å². The molecule has 5 rings (SSSR count). The third kappa shape index (κ3) is 3.45. The molecule has 0 spiro atoms. The van der Waals surface area contributed by atoms with Gasteiger partial charge in [0.15, 0.2) is 0 Å². The molecule has 1 aromatic carbocycles. The van der Waals surface area contributed by atoms with Gasteiger partial charge < -0.3 is 20.0 Å². The number of amides is 1. The van der Waals surface area contributed by atoms with Crippen LogP contribution >= 0.6 is 0 Å². The molecule has 2 aromatic rings. The first-order valence-electron chi connectivity index (χ1n) is 10.8. The van der Waals surface area contributed by atoms with Crippen molar-refractivity contribution in [3.63, 3.8) is 0 Å². The molecule has 1 unspecified atom stereocenters. The molecule has 1 atom stereocenters. The minimum atomic E-state index is 0.203. The maximum Gasteiger partial charge on any atom is 0.237 e. The Kier molecular flexibility index (Phi) is 4.95. The molecule has 0 radical (unpaired) electrons. The van der Waals surface area contributed by atoms with Crippen LogP contribution in [0.5, 0.6) is 0 Å². The lowest BCUT2D eigenvalue weighted by Crippen LogP contribution is -2.41. The summed E-state index contributed by atoms with van der Waals surface area (Å²) in [4.78, 5) is 23.3. The molecule has 3 aliphatic heterocycles. The van der Waals surface area contributed by atoms with Crippen molar-refractivity contribution >= 4 is 23.1 Å². The summed E-state index contributed by atoms with van der Waals surface area (Å²) in [5.41, 5.74) is 6.73. The second kappa shape index (κ2) is 7.76. The van der Waals surface area contributed by atoms with Gasteiger partial charge in [0.25, 0.3) is 0 Å². The number of carbonyl (C=O) groups is 1. The van der Waals surface area contributed by atoms with Gasteiger partial charge in [-0.25, -0.2) is 4.98 Å². The van der Waals surface area contributed by atoms with Gasteiger partial charge in [0.05, 0.1) is 12.6 Å². The fourth-order valence-electron chi connectivity index (χ4n) is 4.89. The summed E-state index contributed by atoms with van der Waals surface area (Å²) >= 11 is 0. The number of fused-ring (bicyclic) bond motifs is 2. The molecule has 6 heteroatoms. The molecule has 0 saturated heterocycles. The van der Waals surface area contributed by atoms with E-state index in [0.717, 1.165) is 38.2 Å². The van der Waals surface area contributed by atoms with Crippen molar-refractivity contribution in [2.24, 2.45) is 0 Å². The minimum Gasteiger partial charge on any atom is -0.363 e. The van der Waals surface area contributed by atoms with Crippen molar-refractivity contribution in [1.29, 1.82) is 0 Å². The third-order valence-corrected chi connectivity index (χ3v) is 6.42. The lowest BCUT2D eigenvalue weighted by atomic mass is 9.97. The van der Waals surface area contributed by atoms with Crippen LogP contribution in [-0.2, 0) is 17.6 Å². The van der Waals surface area contributed by atoms with Crippen molar-refractivity contribution in [2.45, 2.75) is 25.3 Å². The number of pyridine rings is 1. The van der Waals surface area contributed by atoms with Crippen molar-refractivity contribution in [2.75, 3.05) is 50.5 Å². The minimum absolute atomic E-state index is 0.203. The summed E-state index contributed by atoms with van der Waals surface area (Å²) < 4.78 is 0. The van der Waals surface area contributed by atoms with E-state index in [4.69, 9.17) is 0 Å². The number of likely N-dealkylation sites (N-methyl/N-ethyl adjacent to an activating group) is 1. The van der Waals surface area contributed by atoms with Gasteiger partial charge in [0.2, 0.25) is 5.91 Å². The van der Waals surface area contributed by atoms with E-state index in [1.807, 2.05) is 30.1 Å². The number of rotatable bonds is 4. The lowest BCUT2D eigenvalue weighted by molar-refractivity contribution is -0.131. The van der Waals surface area contributed by atoms with Gasteiger partial charge in [0.1, 0.15) is 5.82 Å². The molecule has 3 aliphatic rings. The highest BCUT2D eigenvalue weighted by molar-refractivity contribution is 5.79. The van der Waals surface area contributed by atoms with Crippen LogP contribution in [0.25, 0.3) is 0 Å². The van der Waals surface area contributed by atoms with E-state index >= 15 is 0 Å². The van der Waals surface area contributed by atoms with E-state index in [1.165, 1.54) is 28.1 Å². The van der Waals surface area contributed by atoms with Gasteiger partial charge in [-0.1, -0.05) is 24.3 Å². The van der Waals surface area contributed by atoms with E-state index in [2.05, 4.69) is 51.6 Å². The molecule has 6 nitrogen and oxygen atoms in total. The monoisotopic (exact) mass is 403 g/mol. The number of hydrogen-bond donors (Lipinski definition) is 1. The molecule has 1 N–H and O–H groups in total. The smallest absolute Gasteiger partial charge is 0.237 e. The second-order valence-electron chi connectivity index (χ2n) is 8.70. The fourth-order valence-corrected chi connectivity index (χ4v) is 4.89. The quantitative estimate of drug-likeness (QED) is 0.796. The van der Waals surface area contributed by atoms with E-state index in [9.17, 15) is 4.79 Å². The van der Waals surface area contributed by atoms with E-state index < -0.39 is 0 Å². The van der Waals surface area contributed by atoms with Gasteiger partial charge in [-0.3, -0.25) is 4.79 Å². The normalized spacial score (nSPS) is 20.1. The zero-order chi connectivity index (χ0) is 20.7. The average molecular weight is 404 g/mol. The van der Waals surface area contributed by atoms with Crippen molar-refractivity contribution in [3.05, 3.63) is 59.3 Å². The highest BCUT2D eigenvalue weighted by atomic mass is 16.2. The summed E-state index contributed by atoms with van der Waals surface area (Å²) in [5.74, 6) is 1.21. The largest absolute Gasteiger partial charge is 0.363 e. The standard InChI is InChI=1S/C24H29N5O/c1-27(2)16-23(30)28-12-8-17(9-13-28)20-15-19-22(7-11-25-24(19)26-20)29-14-10-18-5-3-4-6-21(18)29/h3-8,11,20H,9-10,12-16H2,1-2H3,(H,25,26).